The summed E-state index contributed by atoms with van der Waals surface area (Å²) in [6.45, 7) is -0.194. The summed E-state index contributed by atoms with van der Waals surface area (Å²) in [7, 11) is 1.50. The van der Waals surface area contributed by atoms with Crippen molar-refractivity contribution in [3.8, 4) is 11.5 Å². The molecule has 1 heterocycles. The third-order valence-corrected chi connectivity index (χ3v) is 7.26. The number of benzene rings is 3. The van der Waals surface area contributed by atoms with E-state index in [1.807, 2.05) is 18.2 Å². The largest absolute Gasteiger partial charge is 0.493 e. The summed E-state index contributed by atoms with van der Waals surface area (Å²) in [6, 6.07) is 17.4. The highest BCUT2D eigenvalue weighted by Gasteiger charge is 2.36. The Morgan fingerprint density at radius 1 is 1.11 bits per heavy atom. The molecule has 0 spiro atoms. The van der Waals surface area contributed by atoms with Crippen LogP contribution in [0.4, 0.5) is 10.5 Å². The molecule has 3 aromatic carbocycles. The smallest absolute Gasteiger partial charge is 0.294 e. The number of nitrogens with one attached hydrogen (secondary N) is 1. The predicted octanol–water partition coefficient (Wildman–Crippen LogP) is 7.02. The number of carbonyl (C=O) groups excluding carboxylic acids is 3. The molecule has 0 saturated carbocycles. The average molecular weight is 622 g/mol. The van der Waals surface area contributed by atoms with Crippen LogP contribution in [0.3, 0.4) is 0 Å². The molecule has 1 aliphatic heterocycles. The average Bonchev–Trinajstić information content (AvgIpc) is 3.11. The van der Waals surface area contributed by atoms with Gasteiger partial charge < -0.3 is 14.8 Å². The van der Waals surface area contributed by atoms with Crippen molar-refractivity contribution in [1.82, 2.24) is 4.90 Å². The van der Waals surface area contributed by atoms with E-state index in [9.17, 15) is 14.4 Å². The van der Waals surface area contributed by atoms with Crippen molar-refractivity contribution in [2.45, 2.75) is 6.61 Å². The van der Waals surface area contributed by atoms with Crippen LogP contribution in [0.1, 0.15) is 11.1 Å². The molecule has 0 unspecified atom stereocenters. The SMILES string of the molecule is COc1cc(/C=C2/SC(=O)N(CC(=O)Nc3cccc(Cl)c3)C2=O)cc(Br)c1OCc1ccccc1Cl. The summed E-state index contributed by atoms with van der Waals surface area (Å²) >= 11 is 16.4. The number of methoxy groups -OCH3 is 1. The first-order chi connectivity index (χ1) is 17.7. The van der Waals surface area contributed by atoms with Crippen molar-refractivity contribution in [2.75, 3.05) is 19.0 Å². The van der Waals surface area contributed by atoms with Gasteiger partial charge >= 0.3 is 0 Å². The Bertz CT molecular complexity index is 1420. The molecule has 0 aromatic heterocycles. The van der Waals surface area contributed by atoms with E-state index in [4.69, 9.17) is 32.7 Å². The lowest BCUT2D eigenvalue weighted by Gasteiger charge is -2.14. The minimum absolute atomic E-state index is 0.180. The predicted molar refractivity (Wildman–Crippen MR) is 149 cm³/mol. The number of amides is 3. The van der Waals surface area contributed by atoms with Gasteiger partial charge in [-0.05, 0) is 75.7 Å². The second kappa shape index (κ2) is 12.0. The number of ether oxygens (including phenoxy) is 2. The maximum Gasteiger partial charge on any atom is 0.294 e. The van der Waals surface area contributed by atoms with Crippen molar-refractivity contribution < 1.29 is 23.9 Å². The lowest BCUT2D eigenvalue weighted by atomic mass is 10.1. The Labute approximate surface area is 235 Å². The number of hydrogen-bond acceptors (Lipinski definition) is 6. The van der Waals surface area contributed by atoms with Gasteiger partial charge in [0, 0.05) is 21.3 Å². The number of rotatable bonds is 8. The zero-order chi connectivity index (χ0) is 26.5. The van der Waals surface area contributed by atoms with Crippen molar-refractivity contribution in [3.63, 3.8) is 0 Å². The number of halogens is 3. The molecule has 11 heteroatoms. The van der Waals surface area contributed by atoms with Crippen LogP contribution in [-0.2, 0) is 16.2 Å². The van der Waals surface area contributed by atoms with Crippen LogP contribution in [0.15, 0.2) is 70.0 Å². The van der Waals surface area contributed by atoms with E-state index in [2.05, 4.69) is 21.2 Å². The fourth-order valence-corrected chi connectivity index (χ4v) is 5.22. The molecule has 1 fully saturated rings. The molecular weight excluding hydrogens is 603 g/mol. The Balaban J connectivity index is 1.48. The number of hydrogen-bond donors (Lipinski definition) is 1. The lowest BCUT2D eigenvalue weighted by Crippen LogP contribution is -2.36. The van der Waals surface area contributed by atoms with Crippen molar-refractivity contribution in [3.05, 3.63) is 91.2 Å². The quantitative estimate of drug-likeness (QED) is 0.272. The fourth-order valence-electron chi connectivity index (χ4n) is 3.43. The van der Waals surface area contributed by atoms with Gasteiger partial charge in [0.25, 0.3) is 11.1 Å². The first-order valence-corrected chi connectivity index (χ1v) is 13.2. The lowest BCUT2D eigenvalue weighted by molar-refractivity contribution is -0.127. The monoisotopic (exact) mass is 620 g/mol. The zero-order valence-corrected chi connectivity index (χ0v) is 23.2. The Morgan fingerprint density at radius 2 is 1.89 bits per heavy atom. The Hall–Kier alpha value is -2.98. The minimum atomic E-state index is -0.564. The summed E-state index contributed by atoms with van der Waals surface area (Å²) < 4.78 is 12.0. The van der Waals surface area contributed by atoms with Crippen LogP contribution in [-0.4, -0.2) is 35.6 Å². The first-order valence-electron chi connectivity index (χ1n) is 10.8. The highest BCUT2D eigenvalue weighted by atomic mass is 79.9. The highest BCUT2D eigenvalue weighted by Crippen LogP contribution is 2.39. The van der Waals surface area contributed by atoms with E-state index in [1.165, 1.54) is 7.11 Å². The fraction of sp³-hybridized carbons (Fsp3) is 0.115. The zero-order valence-electron chi connectivity index (χ0n) is 19.3. The minimum Gasteiger partial charge on any atom is -0.493 e. The molecule has 0 atom stereocenters. The van der Waals surface area contributed by atoms with Gasteiger partial charge in [-0.1, -0.05) is 47.5 Å². The molecule has 37 heavy (non-hydrogen) atoms. The number of carbonyl (C=O) groups is 3. The molecule has 0 bridgehead atoms. The van der Waals surface area contributed by atoms with Crippen LogP contribution < -0.4 is 14.8 Å². The van der Waals surface area contributed by atoms with Gasteiger partial charge in [0.15, 0.2) is 11.5 Å². The van der Waals surface area contributed by atoms with Crippen LogP contribution in [0.25, 0.3) is 6.08 Å². The second-order valence-corrected chi connectivity index (χ2v) is 10.4. The van der Waals surface area contributed by atoms with Gasteiger partial charge in [-0.2, -0.15) is 0 Å². The molecule has 0 radical (unpaired) electrons. The second-order valence-electron chi connectivity index (χ2n) is 7.74. The van der Waals surface area contributed by atoms with E-state index in [-0.39, 0.29) is 11.5 Å². The molecule has 3 amide bonds. The summed E-state index contributed by atoms with van der Waals surface area (Å²) in [6.07, 6.45) is 1.56. The molecule has 4 rings (SSSR count). The number of anilines is 1. The molecule has 3 aromatic rings. The topological polar surface area (TPSA) is 84.9 Å². The van der Waals surface area contributed by atoms with Crippen molar-refractivity contribution >= 4 is 79.7 Å². The highest BCUT2D eigenvalue weighted by molar-refractivity contribution is 9.10. The van der Waals surface area contributed by atoms with Crippen molar-refractivity contribution in [1.29, 1.82) is 0 Å². The maximum absolute atomic E-state index is 12.9. The van der Waals surface area contributed by atoms with Gasteiger partial charge in [-0.15, -0.1) is 0 Å². The summed E-state index contributed by atoms with van der Waals surface area (Å²) in [5, 5.41) is 3.13. The van der Waals surface area contributed by atoms with E-state index >= 15 is 0 Å². The Morgan fingerprint density at radius 3 is 2.62 bits per heavy atom. The maximum atomic E-state index is 12.9. The Kier molecular flexibility index (Phi) is 8.81. The van der Waals surface area contributed by atoms with Crippen LogP contribution in [0.5, 0.6) is 11.5 Å². The van der Waals surface area contributed by atoms with Crippen LogP contribution in [0.2, 0.25) is 10.0 Å². The normalized spacial score (nSPS) is 14.3. The van der Waals surface area contributed by atoms with E-state index < -0.39 is 23.6 Å². The molecule has 1 saturated heterocycles. The number of nitrogens with zero attached hydrogens (tertiary/aromatic N) is 1. The number of thioether (sulfide) groups is 1. The van der Waals surface area contributed by atoms with E-state index in [0.717, 1.165) is 22.2 Å². The van der Waals surface area contributed by atoms with Gasteiger partial charge in [0.2, 0.25) is 5.91 Å². The summed E-state index contributed by atoms with van der Waals surface area (Å²) in [5.41, 5.74) is 1.88. The number of imide groups is 1. The molecule has 1 aliphatic rings. The third-order valence-electron chi connectivity index (χ3n) is 5.16. The van der Waals surface area contributed by atoms with Gasteiger partial charge in [0.1, 0.15) is 13.2 Å². The first kappa shape index (κ1) is 27.1. The van der Waals surface area contributed by atoms with Crippen LogP contribution >= 0.6 is 50.9 Å². The van der Waals surface area contributed by atoms with Crippen molar-refractivity contribution in [2.24, 2.45) is 0 Å². The molecule has 1 N–H and O–H groups in total. The molecule has 190 valence electrons. The molecule has 0 aliphatic carbocycles. The van der Waals surface area contributed by atoms with Crippen LogP contribution in [0, 0.1) is 0 Å². The molecule has 7 nitrogen and oxygen atoms in total. The van der Waals surface area contributed by atoms with Gasteiger partial charge in [-0.3, -0.25) is 19.3 Å². The standard InChI is InChI=1S/C26H19BrCl2N2O5S/c1-35-21-10-15(9-19(27)24(21)36-14-16-5-2-3-8-20(16)29)11-22-25(33)31(26(34)37-22)13-23(32)30-18-7-4-6-17(28)12-18/h2-12H,13-14H2,1H3,(H,30,32)/b22-11+. The van der Waals surface area contributed by atoms with Gasteiger partial charge in [-0.25, -0.2) is 0 Å². The summed E-state index contributed by atoms with van der Waals surface area (Å²) in [4.78, 5) is 38.9. The third kappa shape index (κ3) is 6.67. The van der Waals surface area contributed by atoms with E-state index in [1.54, 1.807) is 48.5 Å². The van der Waals surface area contributed by atoms with E-state index in [0.29, 0.717) is 37.3 Å². The molecular formula is C26H19BrCl2N2O5S. The summed E-state index contributed by atoms with van der Waals surface area (Å²) in [5.74, 6) is -0.196. The van der Waals surface area contributed by atoms with Gasteiger partial charge in [0.05, 0.1) is 16.5 Å².